The van der Waals surface area contributed by atoms with Crippen LogP contribution < -0.4 is 0 Å². The van der Waals surface area contributed by atoms with Crippen LogP contribution in [-0.2, 0) is 13.1 Å². The molecule has 3 aromatic rings. The summed E-state index contributed by atoms with van der Waals surface area (Å²) in [4.78, 5) is 14.2. The van der Waals surface area contributed by atoms with Gasteiger partial charge in [0.2, 0.25) is 0 Å². The molecule has 2 aromatic heterocycles. The van der Waals surface area contributed by atoms with Crippen molar-refractivity contribution in [3.63, 3.8) is 0 Å². The van der Waals surface area contributed by atoms with Crippen molar-refractivity contribution in [2.75, 3.05) is 7.05 Å². The van der Waals surface area contributed by atoms with Gasteiger partial charge in [-0.15, -0.1) is 0 Å². The van der Waals surface area contributed by atoms with Crippen molar-refractivity contribution in [3.05, 3.63) is 59.5 Å². The van der Waals surface area contributed by atoms with Crippen LogP contribution >= 0.6 is 0 Å². The smallest absolute Gasteiger partial charge is 0.276 e. The summed E-state index contributed by atoms with van der Waals surface area (Å²) >= 11 is 0. The van der Waals surface area contributed by atoms with E-state index in [0.717, 1.165) is 17.8 Å². The van der Waals surface area contributed by atoms with E-state index in [9.17, 15) is 4.79 Å². The lowest BCUT2D eigenvalue weighted by Gasteiger charge is -2.16. The molecule has 6 nitrogen and oxygen atoms in total. The van der Waals surface area contributed by atoms with Crippen LogP contribution in [0.25, 0.3) is 11.3 Å². The van der Waals surface area contributed by atoms with Crippen molar-refractivity contribution < 1.29 is 9.32 Å². The second-order valence-electron chi connectivity index (χ2n) is 5.74. The molecule has 0 aliphatic rings. The van der Waals surface area contributed by atoms with Gasteiger partial charge >= 0.3 is 0 Å². The van der Waals surface area contributed by atoms with Gasteiger partial charge in [-0.1, -0.05) is 35.0 Å². The van der Waals surface area contributed by atoms with Crippen molar-refractivity contribution in [3.8, 4) is 11.3 Å². The first-order valence-corrected chi connectivity index (χ1v) is 7.88. The van der Waals surface area contributed by atoms with Crippen molar-refractivity contribution in [2.24, 2.45) is 0 Å². The van der Waals surface area contributed by atoms with Crippen LogP contribution in [0.4, 0.5) is 0 Å². The van der Waals surface area contributed by atoms with E-state index >= 15 is 0 Å². The van der Waals surface area contributed by atoms with E-state index in [-0.39, 0.29) is 5.91 Å². The first-order chi connectivity index (χ1) is 11.6. The molecular formula is C18H20N4O2. The number of aryl methyl sites for hydroxylation is 2. The van der Waals surface area contributed by atoms with E-state index in [1.807, 2.05) is 48.9 Å². The maximum absolute atomic E-state index is 12.5. The molecule has 1 aromatic carbocycles. The Kier molecular flexibility index (Phi) is 4.46. The second-order valence-corrected chi connectivity index (χ2v) is 5.74. The molecule has 0 atom stereocenters. The lowest BCUT2D eigenvalue weighted by atomic mass is 10.1. The second kappa shape index (κ2) is 6.70. The molecule has 0 radical (unpaired) electrons. The van der Waals surface area contributed by atoms with Crippen LogP contribution in [0.1, 0.15) is 28.7 Å². The van der Waals surface area contributed by atoms with E-state index < -0.39 is 0 Å². The molecule has 3 rings (SSSR count). The van der Waals surface area contributed by atoms with Crippen molar-refractivity contribution in [1.29, 1.82) is 0 Å². The van der Waals surface area contributed by atoms with Crippen LogP contribution in [0.2, 0.25) is 0 Å². The lowest BCUT2D eigenvalue weighted by Crippen LogP contribution is -2.27. The maximum Gasteiger partial charge on any atom is 0.276 e. The van der Waals surface area contributed by atoms with Crippen molar-refractivity contribution >= 4 is 5.91 Å². The zero-order valence-electron chi connectivity index (χ0n) is 14.1. The van der Waals surface area contributed by atoms with E-state index in [0.29, 0.717) is 18.0 Å². The van der Waals surface area contributed by atoms with Gasteiger partial charge in [0.1, 0.15) is 0 Å². The lowest BCUT2D eigenvalue weighted by molar-refractivity contribution is 0.0771. The number of amides is 1. The average Bonchev–Trinajstić information content (AvgIpc) is 3.24. The predicted octanol–water partition coefficient (Wildman–Crippen LogP) is 3.14. The summed E-state index contributed by atoms with van der Waals surface area (Å²) in [6.07, 6.45) is 1.74. The third-order valence-corrected chi connectivity index (χ3v) is 3.92. The summed E-state index contributed by atoms with van der Waals surface area (Å²) < 4.78 is 7.19. The maximum atomic E-state index is 12.5. The molecule has 1 amide bonds. The van der Waals surface area contributed by atoms with Crippen LogP contribution in [0.5, 0.6) is 0 Å². The van der Waals surface area contributed by atoms with Crippen LogP contribution in [0.15, 0.2) is 47.1 Å². The number of aromatic nitrogens is 3. The molecule has 0 aliphatic carbocycles. The molecule has 124 valence electrons. The SMILES string of the molecule is CCn1nccc1CN(C)C(=O)c1cc(-c2ccc(C)cc2)on1. The van der Waals surface area contributed by atoms with Crippen molar-refractivity contribution in [2.45, 2.75) is 26.9 Å². The Balaban J connectivity index is 1.74. The third kappa shape index (κ3) is 3.22. The molecule has 6 heteroatoms. The molecule has 0 bridgehead atoms. The first kappa shape index (κ1) is 16.0. The summed E-state index contributed by atoms with van der Waals surface area (Å²) in [6.45, 7) is 5.28. The zero-order valence-corrected chi connectivity index (χ0v) is 14.1. The van der Waals surface area contributed by atoms with E-state index in [4.69, 9.17) is 4.52 Å². The minimum atomic E-state index is -0.180. The number of rotatable bonds is 5. The highest BCUT2D eigenvalue weighted by molar-refractivity contribution is 5.92. The third-order valence-electron chi connectivity index (χ3n) is 3.92. The number of hydrogen-bond donors (Lipinski definition) is 0. The first-order valence-electron chi connectivity index (χ1n) is 7.88. The van der Waals surface area contributed by atoms with Crippen molar-refractivity contribution in [1.82, 2.24) is 19.8 Å². The minimum absolute atomic E-state index is 0.180. The van der Waals surface area contributed by atoms with Gasteiger partial charge in [0, 0.05) is 31.4 Å². The molecule has 0 saturated heterocycles. The summed E-state index contributed by atoms with van der Waals surface area (Å²) in [5.74, 6) is 0.409. The highest BCUT2D eigenvalue weighted by atomic mass is 16.5. The molecular weight excluding hydrogens is 304 g/mol. The molecule has 0 N–H and O–H groups in total. The molecule has 0 aliphatic heterocycles. The normalized spacial score (nSPS) is 10.8. The largest absolute Gasteiger partial charge is 0.355 e. The molecule has 0 unspecified atom stereocenters. The fourth-order valence-electron chi connectivity index (χ4n) is 2.52. The Bertz CT molecular complexity index is 833. The topological polar surface area (TPSA) is 64.2 Å². The van der Waals surface area contributed by atoms with Gasteiger partial charge in [0.05, 0.1) is 12.2 Å². The van der Waals surface area contributed by atoms with Gasteiger partial charge in [0.25, 0.3) is 5.91 Å². The number of carbonyl (C=O) groups is 1. The number of carbonyl (C=O) groups excluding carboxylic acids is 1. The van der Waals surface area contributed by atoms with Gasteiger partial charge in [-0.2, -0.15) is 5.10 Å². The molecule has 0 saturated carbocycles. The fraction of sp³-hybridized carbons (Fsp3) is 0.278. The minimum Gasteiger partial charge on any atom is -0.355 e. The van der Waals surface area contributed by atoms with Crippen LogP contribution in [-0.4, -0.2) is 32.8 Å². The Morgan fingerprint density at radius 1 is 1.25 bits per heavy atom. The number of nitrogens with zero attached hydrogens (tertiary/aromatic N) is 4. The monoisotopic (exact) mass is 324 g/mol. The molecule has 24 heavy (non-hydrogen) atoms. The van der Waals surface area contributed by atoms with Gasteiger partial charge in [0.15, 0.2) is 11.5 Å². The van der Waals surface area contributed by atoms with Gasteiger partial charge in [-0.25, -0.2) is 0 Å². The van der Waals surface area contributed by atoms with Crippen LogP contribution in [0, 0.1) is 6.92 Å². The predicted molar refractivity (Wildman–Crippen MR) is 90.4 cm³/mol. The van der Waals surface area contributed by atoms with Gasteiger partial charge in [-0.3, -0.25) is 9.48 Å². The molecule has 0 fully saturated rings. The Morgan fingerprint density at radius 3 is 2.71 bits per heavy atom. The quantitative estimate of drug-likeness (QED) is 0.723. The van der Waals surface area contributed by atoms with Gasteiger partial charge in [-0.05, 0) is 19.9 Å². The van der Waals surface area contributed by atoms with E-state index in [1.54, 1.807) is 24.2 Å². The van der Waals surface area contributed by atoms with E-state index in [1.165, 1.54) is 5.56 Å². The fourth-order valence-corrected chi connectivity index (χ4v) is 2.52. The number of hydrogen-bond acceptors (Lipinski definition) is 4. The summed E-state index contributed by atoms with van der Waals surface area (Å²) in [7, 11) is 1.75. The average molecular weight is 324 g/mol. The standard InChI is InChI=1S/C18H20N4O2/c1-4-22-15(9-10-19-22)12-21(3)18(23)16-11-17(24-20-16)14-7-5-13(2)6-8-14/h5-11H,4,12H2,1-3H3. The summed E-state index contributed by atoms with van der Waals surface area (Å²) in [5.41, 5.74) is 3.35. The Morgan fingerprint density at radius 2 is 2.00 bits per heavy atom. The summed E-state index contributed by atoms with van der Waals surface area (Å²) in [6, 6.07) is 11.5. The highest BCUT2D eigenvalue weighted by Crippen LogP contribution is 2.21. The highest BCUT2D eigenvalue weighted by Gasteiger charge is 2.18. The molecule has 0 spiro atoms. The summed E-state index contributed by atoms with van der Waals surface area (Å²) in [5, 5.41) is 8.13. The molecule has 2 heterocycles. The van der Waals surface area contributed by atoms with Gasteiger partial charge < -0.3 is 9.42 Å². The Labute approximate surface area is 140 Å². The van der Waals surface area contributed by atoms with Crippen LogP contribution in [0.3, 0.4) is 0 Å². The number of benzene rings is 1. The zero-order chi connectivity index (χ0) is 17.1. The van der Waals surface area contributed by atoms with E-state index in [2.05, 4.69) is 10.3 Å². The Hall–Kier alpha value is -2.89.